The van der Waals surface area contributed by atoms with E-state index in [0.717, 1.165) is 12.2 Å². The van der Waals surface area contributed by atoms with E-state index >= 15 is 0 Å². The number of benzene rings is 1. The molecule has 0 aliphatic rings. The van der Waals surface area contributed by atoms with Gasteiger partial charge in [-0.3, -0.25) is 0 Å². The van der Waals surface area contributed by atoms with Gasteiger partial charge in [-0.25, -0.2) is 0 Å². The Hall–Kier alpha value is -0.510. The Kier molecular flexibility index (Phi) is 7.51. The molecular weight excluding hydrogens is 225 g/mol. The molecule has 1 rings (SSSR count). The van der Waals surface area contributed by atoms with E-state index in [9.17, 15) is 9.90 Å². The fraction of sp³-hybridized carbons (Fsp3) is 0.462. The summed E-state index contributed by atoms with van der Waals surface area (Å²) in [5.74, 6) is -0.996. The van der Waals surface area contributed by atoms with Crippen LogP contribution in [0.25, 0.3) is 0 Å². The second-order valence-electron chi connectivity index (χ2n) is 3.94. The van der Waals surface area contributed by atoms with Gasteiger partial charge in [0.25, 0.3) is 0 Å². The zero-order valence-electron chi connectivity index (χ0n) is 11.1. The molecule has 0 saturated carbocycles. The van der Waals surface area contributed by atoms with Crippen molar-refractivity contribution < 1.29 is 39.5 Å². The number of rotatable bonds is 5. The van der Waals surface area contributed by atoms with Gasteiger partial charge in [0, 0.05) is 31.2 Å². The minimum absolute atomic E-state index is 0. The van der Waals surface area contributed by atoms with Crippen molar-refractivity contribution in [2.24, 2.45) is 0 Å². The third-order valence-corrected chi connectivity index (χ3v) is 2.72. The fourth-order valence-electron chi connectivity index (χ4n) is 1.96. The number of carbonyl (C=O) groups excluding carboxylic acids is 1. The summed E-state index contributed by atoms with van der Waals surface area (Å²) in [4.78, 5) is 12.6. The Bertz CT molecular complexity index is 359. The van der Waals surface area contributed by atoms with Crippen LogP contribution in [0.4, 0.5) is 5.69 Å². The second-order valence-corrected chi connectivity index (χ2v) is 3.94. The van der Waals surface area contributed by atoms with Crippen molar-refractivity contribution in [3.05, 3.63) is 29.3 Å². The summed E-state index contributed by atoms with van der Waals surface area (Å²) in [5, 5.41) is 10.5. The van der Waals surface area contributed by atoms with Crippen molar-refractivity contribution in [1.29, 1.82) is 0 Å². The van der Waals surface area contributed by atoms with Crippen LogP contribution in [0.3, 0.4) is 0 Å². The van der Waals surface area contributed by atoms with Gasteiger partial charge in [0.15, 0.2) is 0 Å². The molecule has 0 aliphatic carbocycles. The number of aryl methyl sites for hydroxylation is 2. The number of anilines is 1. The molecule has 0 heterocycles. The maximum atomic E-state index is 10.5. The summed E-state index contributed by atoms with van der Waals surface area (Å²) < 4.78 is 0. The first-order valence-electron chi connectivity index (χ1n) is 5.57. The first-order chi connectivity index (χ1) is 7.56. The number of nitrogens with zero attached hydrogens (tertiary/aromatic N) is 1. The number of carbonyl (C=O) groups is 1. The molecule has 0 radical (unpaired) electrons. The molecule has 0 saturated heterocycles. The maximum Gasteiger partial charge on any atom is 1.00 e. The molecule has 0 atom stereocenters. The van der Waals surface area contributed by atoms with Crippen molar-refractivity contribution >= 4 is 11.7 Å². The minimum Gasteiger partial charge on any atom is -0.550 e. The van der Waals surface area contributed by atoms with Gasteiger partial charge < -0.3 is 14.8 Å². The summed E-state index contributed by atoms with van der Waals surface area (Å²) >= 11 is 0. The van der Waals surface area contributed by atoms with Gasteiger partial charge >= 0.3 is 29.6 Å². The Morgan fingerprint density at radius 2 is 1.82 bits per heavy atom. The summed E-state index contributed by atoms with van der Waals surface area (Å²) in [6, 6.07) is 6.11. The van der Waals surface area contributed by atoms with Crippen LogP contribution in [0.1, 0.15) is 24.5 Å². The van der Waals surface area contributed by atoms with E-state index in [1.54, 1.807) is 0 Å². The molecule has 0 amide bonds. The first-order valence-corrected chi connectivity index (χ1v) is 5.57. The monoisotopic (exact) mass is 243 g/mol. The first kappa shape index (κ1) is 16.5. The van der Waals surface area contributed by atoms with Crippen LogP contribution in [0.15, 0.2) is 18.2 Å². The van der Waals surface area contributed by atoms with E-state index < -0.39 is 5.97 Å². The van der Waals surface area contributed by atoms with E-state index in [4.69, 9.17) is 0 Å². The van der Waals surface area contributed by atoms with Crippen LogP contribution in [-0.2, 0) is 4.79 Å². The number of para-hydroxylation sites is 1. The van der Waals surface area contributed by atoms with Crippen LogP contribution < -0.4 is 39.6 Å². The van der Waals surface area contributed by atoms with E-state index in [2.05, 4.69) is 4.90 Å². The maximum absolute atomic E-state index is 10.5. The average Bonchev–Trinajstić information content (AvgIpc) is 2.22. The standard InChI is InChI=1S/C13H19NO2.Na/c1-4-14(9-8-12(15)16)13-10(2)6-5-7-11(13)3;/h5-7H,4,8-9H2,1-3H3,(H,15,16);/q;+1/p-1. The molecule has 0 aromatic heterocycles. The molecule has 0 N–H and O–H groups in total. The fourth-order valence-corrected chi connectivity index (χ4v) is 1.96. The molecule has 4 heteroatoms. The van der Waals surface area contributed by atoms with E-state index in [1.807, 2.05) is 39.0 Å². The molecule has 3 nitrogen and oxygen atoms in total. The Morgan fingerprint density at radius 3 is 2.24 bits per heavy atom. The van der Waals surface area contributed by atoms with Gasteiger partial charge in [0.2, 0.25) is 0 Å². The van der Waals surface area contributed by atoms with E-state index in [-0.39, 0.29) is 36.0 Å². The smallest absolute Gasteiger partial charge is 0.550 e. The third-order valence-electron chi connectivity index (χ3n) is 2.72. The number of hydrogen-bond donors (Lipinski definition) is 0. The molecule has 0 unspecified atom stereocenters. The Balaban J connectivity index is 0.00000256. The normalized spacial score (nSPS) is 9.59. The summed E-state index contributed by atoms with van der Waals surface area (Å²) in [6.07, 6.45) is 0.0710. The Labute approximate surface area is 125 Å². The van der Waals surface area contributed by atoms with E-state index in [0.29, 0.717) is 6.54 Å². The molecule has 1 aromatic rings. The zero-order valence-corrected chi connectivity index (χ0v) is 13.1. The number of carboxylic acids is 1. The predicted octanol–water partition coefficient (Wildman–Crippen LogP) is -1.73. The minimum atomic E-state index is -0.996. The molecule has 0 spiro atoms. The van der Waals surface area contributed by atoms with Crippen LogP contribution in [0.2, 0.25) is 0 Å². The molecule has 0 fully saturated rings. The number of hydrogen-bond acceptors (Lipinski definition) is 3. The van der Waals surface area contributed by atoms with Gasteiger partial charge in [-0.15, -0.1) is 0 Å². The van der Waals surface area contributed by atoms with Crippen molar-refractivity contribution in [2.45, 2.75) is 27.2 Å². The molecule has 17 heavy (non-hydrogen) atoms. The van der Waals surface area contributed by atoms with Gasteiger partial charge in [0.05, 0.1) is 0 Å². The molecular formula is C13H18NNaO2. The van der Waals surface area contributed by atoms with Crippen molar-refractivity contribution in [3.63, 3.8) is 0 Å². The van der Waals surface area contributed by atoms with Crippen molar-refractivity contribution in [3.8, 4) is 0 Å². The molecule has 88 valence electrons. The largest absolute Gasteiger partial charge is 1.00 e. The zero-order chi connectivity index (χ0) is 12.1. The van der Waals surface area contributed by atoms with Crippen molar-refractivity contribution in [2.75, 3.05) is 18.0 Å². The summed E-state index contributed by atoms with van der Waals surface area (Å²) in [7, 11) is 0. The van der Waals surface area contributed by atoms with Gasteiger partial charge in [-0.05, 0) is 31.9 Å². The summed E-state index contributed by atoms with van der Waals surface area (Å²) in [6.45, 7) is 7.43. The molecule has 0 aliphatic heterocycles. The van der Waals surface area contributed by atoms with Gasteiger partial charge in [-0.1, -0.05) is 18.2 Å². The SMILES string of the molecule is CCN(CCC(=O)[O-])c1c(C)cccc1C.[Na+]. The number of carboxylic acid groups (broad SMARTS) is 1. The molecule has 1 aromatic carbocycles. The quantitative estimate of drug-likeness (QED) is 0.577. The van der Waals surface area contributed by atoms with Crippen LogP contribution in [0.5, 0.6) is 0 Å². The second kappa shape index (κ2) is 7.75. The van der Waals surface area contributed by atoms with E-state index in [1.165, 1.54) is 11.1 Å². The van der Waals surface area contributed by atoms with Crippen LogP contribution in [0, 0.1) is 13.8 Å². The number of aliphatic carboxylic acids is 1. The predicted molar refractivity (Wildman–Crippen MR) is 63.4 cm³/mol. The topological polar surface area (TPSA) is 43.4 Å². The van der Waals surface area contributed by atoms with Crippen LogP contribution >= 0.6 is 0 Å². The third kappa shape index (κ3) is 4.70. The van der Waals surface area contributed by atoms with Crippen molar-refractivity contribution in [1.82, 2.24) is 0 Å². The van der Waals surface area contributed by atoms with Gasteiger partial charge in [-0.2, -0.15) is 0 Å². The van der Waals surface area contributed by atoms with Crippen LogP contribution in [-0.4, -0.2) is 19.1 Å². The summed E-state index contributed by atoms with van der Waals surface area (Å²) in [5.41, 5.74) is 3.51. The Morgan fingerprint density at radius 1 is 1.29 bits per heavy atom. The average molecular weight is 243 g/mol. The van der Waals surface area contributed by atoms with Gasteiger partial charge in [0.1, 0.15) is 0 Å². The molecule has 0 bridgehead atoms.